The van der Waals surface area contributed by atoms with Crippen molar-refractivity contribution >= 4 is 11.3 Å². The van der Waals surface area contributed by atoms with Gasteiger partial charge in [-0.25, -0.2) is 4.98 Å². The number of aliphatic hydroxyl groups is 1. The number of nitrogens with one attached hydrogen (secondary N) is 1. The number of nitrogens with zero attached hydrogens (tertiary/aromatic N) is 1. The Hall–Kier alpha value is -0.450. The first-order valence-corrected chi connectivity index (χ1v) is 5.88. The normalized spacial score (nSPS) is 27.9. The number of hydrogen-bond donors (Lipinski definition) is 2. The smallest absolute Gasteiger partial charge is 0.0897 e. The molecule has 1 fully saturated rings. The molecule has 4 heteroatoms. The quantitative estimate of drug-likeness (QED) is 0.780. The fourth-order valence-corrected chi connectivity index (χ4v) is 2.79. The first-order chi connectivity index (χ1) is 6.79. The third-order valence-electron chi connectivity index (χ3n) is 2.75. The van der Waals surface area contributed by atoms with Gasteiger partial charge in [-0.2, -0.15) is 0 Å². The molecule has 0 aliphatic carbocycles. The summed E-state index contributed by atoms with van der Waals surface area (Å²) in [4.78, 5) is 5.56. The molecule has 0 aromatic carbocycles. The van der Waals surface area contributed by atoms with Crippen LogP contribution in [0, 0.1) is 12.8 Å². The minimum atomic E-state index is 0.315. The van der Waals surface area contributed by atoms with E-state index in [0.717, 1.165) is 24.4 Å². The van der Waals surface area contributed by atoms with E-state index < -0.39 is 0 Å². The highest BCUT2D eigenvalue weighted by molar-refractivity contribution is 7.11. The number of aliphatic hydroxyl groups excluding tert-OH is 1. The molecule has 14 heavy (non-hydrogen) atoms. The summed E-state index contributed by atoms with van der Waals surface area (Å²) >= 11 is 1.75. The zero-order valence-electron chi connectivity index (χ0n) is 8.36. The van der Waals surface area contributed by atoms with Crippen LogP contribution in [0.5, 0.6) is 0 Å². The van der Waals surface area contributed by atoms with Gasteiger partial charge in [0.15, 0.2) is 0 Å². The van der Waals surface area contributed by atoms with Crippen molar-refractivity contribution in [2.75, 3.05) is 13.2 Å². The largest absolute Gasteiger partial charge is 0.396 e. The van der Waals surface area contributed by atoms with E-state index in [4.69, 9.17) is 5.11 Å². The Morgan fingerprint density at radius 1 is 1.71 bits per heavy atom. The Balaban J connectivity index is 2.04. The molecule has 0 bridgehead atoms. The van der Waals surface area contributed by atoms with Crippen molar-refractivity contribution in [3.63, 3.8) is 0 Å². The predicted octanol–water partition coefficient (Wildman–Crippen LogP) is 1.48. The predicted molar refractivity (Wildman–Crippen MR) is 57.4 cm³/mol. The van der Waals surface area contributed by atoms with E-state index in [9.17, 15) is 0 Å². The lowest BCUT2D eigenvalue weighted by atomic mass is 9.93. The third kappa shape index (κ3) is 2.13. The second-order valence-corrected chi connectivity index (χ2v) is 5.13. The van der Waals surface area contributed by atoms with Gasteiger partial charge in [-0.3, -0.25) is 0 Å². The molecular weight excluding hydrogens is 196 g/mol. The summed E-state index contributed by atoms with van der Waals surface area (Å²) in [6.45, 7) is 3.35. The zero-order valence-corrected chi connectivity index (χ0v) is 9.18. The van der Waals surface area contributed by atoms with E-state index in [1.54, 1.807) is 11.3 Å². The number of aryl methyl sites for hydroxylation is 1. The Bertz CT molecular complexity index is 300. The van der Waals surface area contributed by atoms with Gasteiger partial charge in [0, 0.05) is 23.7 Å². The molecule has 2 heterocycles. The molecule has 1 aliphatic heterocycles. The monoisotopic (exact) mass is 212 g/mol. The van der Waals surface area contributed by atoms with Crippen molar-refractivity contribution in [3.05, 3.63) is 16.1 Å². The third-order valence-corrected chi connectivity index (χ3v) is 3.78. The molecule has 1 aromatic rings. The molecule has 0 spiro atoms. The fraction of sp³-hybridized carbons (Fsp3) is 0.700. The van der Waals surface area contributed by atoms with Gasteiger partial charge in [0.05, 0.1) is 5.01 Å². The Morgan fingerprint density at radius 3 is 3.21 bits per heavy atom. The van der Waals surface area contributed by atoms with Crippen LogP contribution in [-0.4, -0.2) is 23.2 Å². The van der Waals surface area contributed by atoms with Crippen LogP contribution in [0.2, 0.25) is 0 Å². The molecule has 2 rings (SSSR count). The standard InChI is InChI=1S/C10H16N2OS/c1-7-12-5-10(14-7)9-4-8(6-13)2-3-11-9/h5,8-9,11,13H,2-4,6H2,1H3. The van der Waals surface area contributed by atoms with Gasteiger partial charge in [0.25, 0.3) is 0 Å². The number of thiazole rings is 1. The van der Waals surface area contributed by atoms with E-state index >= 15 is 0 Å². The molecule has 3 nitrogen and oxygen atoms in total. The van der Waals surface area contributed by atoms with Crippen LogP contribution in [-0.2, 0) is 0 Å². The van der Waals surface area contributed by atoms with E-state index in [-0.39, 0.29) is 0 Å². The van der Waals surface area contributed by atoms with Crippen LogP contribution in [0.4, 0.5) is 0 Å². The molecule has 0 radical (unpaired) electrons. The average Bonchev–Trinajstić information content (AvgIpc) is 2.65. The van der Waals surface area contributed by atoms with Gasteiger partial charge >= 0.3 is 0 Å². The van der Waals surface area contributed by atoms with Crippen LogP contribution in [0.25, 0.3) is 0 Å². The van der Waals surface area contributed by atoms with Crippen molar-refractivity contribution in [2.45, 2.75) is 25.8 Å². The molecule has 78 valence electrons. The van der Waals surface area contributed by atoms with Gasteiger partial charge in [-0.05, 0) is 32.2 Å². The fourth-order valence-electron chi connectivity index (χ4n) is 1.92. The van der Waals surface area contributed by atoms with Gasteiger partial charge in [0.2, 0.25) is 0 Å². The molecule has 2 atom stereocenters. The summed E-state index contributed by atoms with van der Waals surface area (Å²) < 4.78 is 0. The second kappa shape index (κ2) is 4.38. The van der Waals surface area contributed by atoms with Gasteiger partial charge < -0.3 is 10.4 Å². The SMILES string of the molecule is Cc1ncc(C2CC(CO)CCN2)s1. The Kier molecular flexibility index (Phi) is 3.15. The first kappa shape index (κ1) is 10.1. The lowest BCUT2D eigenvalue weighted by Gasteiger charge is -2.28. The number of hydrogen-bond acceptors (Lipinski definition) is 4. The van der Waals surface area contributed by atoms with Crippen molar-refractivity contribution in [2.24, 2.45) is 5.92 Å². The van der Waals surface area contributed by atoms with Crippen LogP contribution in [0.15, 0.2) is 6.20 Å². The van der Waals surface area contributed by atoms with Crippen LogP contribution >= 0.6 is 11.3 Å². The first-order valence-electron chi connectivity index (χ1n) is 5.06. The van der Waals surface area contributed by atoms with Crippen LogP contribution in [0.1, 0.15) is 28.8 Å². The number of piperidine rings is 1. The maximum absolute atomic E-state index is 9.12. The summed E-state index contributed by atoms with van der Waals surface area (Å²) in [7, 11) is 0. The highest BCUT2D eigenvalue weighted by Gasteiger charge is 2.23. The van der Waals surface area contributed by atoms with E-state index in [0.29, 0.717) is 18.6 Å². The van der Waals surface area contributed by atoms with Crippen LogP contribution < -0.4 is 5.32 Å². The zero-order chi connectivity index (χ0) is 9.97. The van der Waals surface area contributed by atoms with Crippen molar-refractivity contribution in [3.8, 4) is 0 Å². The van der Waals surface area contributed by atoms with E-state index in [1.165, 1.54) is 4.88 Å². The number of aromatic nitrogens is 1. The lowest BCUT2D eigenvalue weighted by molar-refractivity contribution is 0.177. The Labute approximate surface area is 88.2 Å². The molecule has 0 amide bonds. The van der Waals surface area contributed by atoms with Crippen molar-refractivity contribution in [1.29, 1.82) is 0 Å². The minimum absolute atomic E-state index is 0.315. The van der Waals surface area contributed by atoms with Crippen LogP contribution in [0.3, 0.4) is 0 Å². The van der Waals surface area contributed by atoms with Gasteiger partial charge in [-0.1, -0.05) is 0 Å². The summed E-state index contributed by atoms with van der Waals surface area (Å²) in [5, 5.41) is 13.7. The highest BCUT2D eigenvalue weighted by atomic mass is 32.1. The Morgan fingerprint density at radius 2 is 2.57 bits per heavy atom. The topological polar surface area (TPSA) is 45.2 Å². The van der Waals surface area contributed by atoms with Crippen molar-refractivity contribution < 1.29 is 5.11 Å². The summed E-state index contributed by atoms with van der Waals surface area (Å²) in [6, 6.07) is 0.409. The molecule has 2 N–H and O–H groups in total. The maximum atomic E-state index is 9.12. The average molecular weight is 212 g/mol. The van der Waals surface area contributed by atoms with Gasteiger partial charge in [-0.15, -0.1) is 11.3 Å². The summed E-state index contributed by atoms with van der Waals surface area (Å²) in [5.41, 5.74) is 0. The van der Waals surface area contributed by atoms with E-state index in [1.807, 2.05) is 13.1 Å². The molecule has 0 saturated carbocycles. The van der Waals surface area contributed by atoms with Gasteiger partial charge in [0.1, 0.15) is 0 Å². The summed E-state index contributed by atoms with van der Waals surface area (Å²) in [6.07, 6.45) is 4.08. The van der Waals surface area contributed by atoms with E-state index in [2.05, 4.69) is 10.3 Å². The van der Waals surface area contributed by atoms with Crippen molar-refractivity contribution in [1.82, 2.24) is 10.3 Å². The minimum Gasteiger partial charge on any atom is -0.396 e. The highest BCUT2D eigenvalue weighted by Crippen LogP contribution is 2.29. The lowest BCUT2D eigenvalue weighted by Crippen LogP contribution is -2.32. The second-order valence-electron chi connectivity index (χ2n) is 3.86. The molecule has 1 aromatic heterocycles. The molecule has 1 saturated heterocycles. The summed E-state index contributed by atoms with van der Waals surface area (Å²) in [5.74, 6) is 0.462. The maximum Gasteiger partial charge on any atom is 0.0897 e. The molecular formula is C10H16N2OS. The molecule has 1 aliphatic rings. The number of rotatable bonds is 2. The molecule has 2 unspecified atom stereocenters.